The highest BCUT2D eigenvalue weighted by molar-refractivity contribution is 7.14. The van der Waals surface area contributed by atoms with E-state index in [-0.39, 0.29) is 11.3 Å². The first-order valence-corrected chi connectivity index (χ1v) is 6.61. The first-order valence-electron chi connectivity index (χ1n) is 5.80. The number of rotatable bonds is 2. The van der Waals surface area contributed by atoms with Crippen molar-refractivity contribution >= 4 is 23.1 Å². The fourth-order valence-electron chi connectivity index (χ4n) is 1.50. The Labute approximate surface area is 110 Å². The molecule has 2 heterocycles. The van der Waals surface area contributed by atoms with Gasteiger partial charge in [-0.1, -0.05) is 20.8 Å². The molecule has 0 saturated carbocycles. The second-order valence-corrected chi connectivity index (χ2v) is 6.57. The fraction of sp³-hybridized carbons (Fsp3) is 0.385. The zero-order valence-electron chi connectivity index (χ0n) is 11.0. The predicted molar refractivity (Wildman–Crippen MR) is 74.3 cm³/mol. The molecule has 0 aliphatic rings. The molecule has 2 aromatic heterocycles. The van der Waals surface area contributed by atoms with E-state index in [1.54, 1.807) is 0 Å². The molecule has 5 heteroatoms. The number of carbonyl (C=O) groups excluding carboxylic acids is 1. The first-order chi connectivity index (χ1) is 8.36. The van der Waals surface area contributed by atoms with Crippen LogP contribution in [0.3, 0.4) is 0 Å². The van der Waals surface area contributed by atoms with Gasteiger partial charge in [0.1, 0.15) is 0 Å². The molecule has 0 aromatic carbocycles. The van der Waals surface area contributed by atoms with Gasteiger partial charge in [0.2, 0.25) is 0 Å². The summed E-state index contributed by atoms with van der Waals surface area (Å²) in [5, 5.41) is 9.84. The Kier molecular flexibility index (Phi) is 3.26. The summed E-state index contributed by atoms with van der Waals surface area (Å²) < 4.78 is 0. The second kappa shape index (κ2) is 4.57. The van der Waals surface area contributed by atoms with Gasteiger partial charge >= 0.3 is 0 Å². The smallest absolute Gasteiger partial charge is 0.266 e. The number of aryl methyl sites for hydroxylation is 1. The number of thiophene rings is 1. The van der Waals surface area contributed by atoms with E-state index in [2.05, 4.69) is 36.3 Å². The third-order valence-corrected chi connectivity index (χ3v) is 3.59. The molecule has 96 valence electrons. The molecular weight excluding hydrogens is 246 g/mol. The molecule has 0 fully saturated rings. The van der Waals surface area contributed by atoms with Gasteiger partial charge in [-0.25, -0.2) is 0 Å². The van der Waals surface area contributed by atoms with Crippen LogP contribution in [0.5, 0.6) is 0 Å². The summed E-state index contributed by atoms with van der Waals surface area (Å²) in [5.41, 5.74) is 0.996. The molecule has 0 bridgehead atoms. The van der Waals surface area contributed by atoms with Crippen LogP contribution in [0.25, 0.3) is 0 Å². The Morgan fingerprint density at radius 3 is 2.61 bits per heavy atom. The molecule has 0 aliphatic heterocycles. The van der Waals surface area contributed by atoms with E-state index >= 15 is 0 Å². The summed E-state index contributed by atoms with van der Waals surface area (Å²) in [5.74, 6) is 0.455. The average Bonchev–Trinajstić information content (AvgIpc) is 2.85. The van der Waals surface area contributed by atoms with Gasteiger partial charge in [-0.05, 0) is 19.1 Å². The Morgan fingerprint density at radius 1 is 1.39 bits per heavy atom. The highest BCUT2D eigenvalue weighted by atomic mass is 32.1. The lowest BCUT2D eigenvalue weighted by Crippen LogP contribution is -2.11. The summed E-state index contributed by atoms with van der Waals surface area (Å²) in [6, 6.07) is 5.63. The second-order valence-electron chi connectivity index (χ2n) is 5.28. The zero-order valence-corrected chi connectivity index (χ0v) is 11.8. The average molecular weight is 263 g/mol. The third kappa shape index (κ3) is 2.79. The Hall–Kier alpha value is -1.62. The molecule has 1 amide bonds. The van der Waals surface area contributed by atoms with Gasteiger partial charge in [0.25, 0.3) is 5.91 Å². The summed E-state index contributed by atoms with van der Waals surface area (Å²) in [7, 11) is 0. The van der Waals surface area contributed by atoms with Crippen LogP contribution in [-0.2, 0) is 5.41 Å². The molecular formula is C13H17N3OS. The number of hydrogen-bond donors (Lipinski definition) is 2. The normalized spacial score (nSPS) is 11.6. The molecule has 2 aromatic rings. The summed E-state index contributed by atoms with van der Waals surface area (Å²) in [6.07, 6.45) is 0. The summed E-state index contributed by atoms with van der Waals surface area (Å²) >= 11 is 1.48. The van der Waals surface area contributed by atoms with Crippen LogP contribution in [0.2, 0.25) is 0 Å². The lowest BCUT2D eigenvalue weighted by atomic mass is 9.92. The maximum atomic E-state index is 11.9. The van der Waals surface area contributed by atoms with Crippen LogP contribution in [-0.4, -0.2) is 16.1 Å². The van der Waals surface area contributed by atoms with Crippen LogP contribution in [0.1, 0.15) is 41.0 Å². The molecule has 0 radical (unpaired) electrons. The van der Waals surface area contributed by atoms with Crippen LogP contribution < -0.4 is 5.32 Å². The van der Waals surface area contributed by atoms with Crippen molar-refractivity contribution in [3.05, 3.63) is 33.6 Å². The molecule has 2 N–H and O–H groups in total. The van der Waals surface area contributed by atoms with Crippen LogP contribution in [0, 0.1) is 6.92 Å². The Morgan fingerprint density at radius 2 is 2.11 bits per heavy atom. The highest BCUT2D eigenvalue weighted by Crippen LogP contribution is 2.22. The van der Waals surface area contributed by atoms with Crippen molar-refractivity contribution in [3.8, 4) is 0 Å². The van der Waals surface area contributed by atoms with Crippen molar-refractivity contribution in [1.82, 2.24) is 10.2 Å². The van der Waals surface area contributed by atoms with E-state index in [1.165, 1.54) is 11.3 Å². The maximum absolute atomic E-state index is 11.9. The Bertz CT molecular complexity index is 563. The molecule has 0 spiro atoms. The molecule has 0 saturated heterocycles. The monoisotopic (exact) mass is 263 g/mol. The number of hydrogen-bond acceptors (Lipinski definition) is 3. The van der Waals surface area contributed by atoms with Gasteiger partial charge in [0, 0.05) is 22.1 Å². The largest absolute Gasteiger partial charge is 0.304 e. The molecule has 0 aliphatic carbocycles. The number of amides is 1. The van der Waals surface area contributed by atoms with Crippen molar-refractivity contribution in [2.75, 3.05) is 5.32 Å². The minimum Gasteiger partial charge on any atom is -0.304 e. The third-order valence-electron chi connectivity index (χ3n) is 2.59. The highest BCUT2D eigenvalue weighted by Gasteiger charge is 2.17. The number of carbonyl (C=O) groups is 1. The van der Waals surface area contributed by atoms with Gasteiger partial charge in [-0.2, -0.15) is 5.10 Å². The molecule has 0 unspecified atom stereocenters. The van der Waals surface area contributed by atoms with Gasteiger partial charge in [0.15, 0.2) is 5.82 Å². The van der Waals surface area contributed by atoms with Gasteiger partial charge in [0.05, 0.1) is 4.88 Å². The molecule has 4 nitrogen and oxygen atoms in total. The van der Waals surface area contributed by atoms with Gasteiger partial charge < -0.3 is 5.32 Å². The van der Waals surface area contributed by atoms with Crippen molar-refractivity contribution < 1.29 is 4.79 Å². The minimum absolute atomic E-state index is 0.00447. The van der Waals surface area contributed by atoms with Crippen LogP contribution >= 0.6 is 11.3 Å². The molecule has 18 heavy (non-hydrogen) atoms. The first kappa shape index (κ1) is 12.8. The van der Waals surface area contributed by atoms with E-state index < -0.39 is 0 Å². The van der Waals surface area contributed by atoms with Gasteiger partial charge in [-0.15, -0.1) is 11.3 Å². The fourth-order valence-corrected chi connectivity index (χ4v) is 2.27. The lowest BCUT2D eigenvalue weighted by molar-refractivity contribution is 0.103. The Balaban J connectivity index is 2.10. The van der Waals surface area contributed by atoms with Crippen molar-refractivity contribution in [2.45, 2.75) is 33.1 Å². The quantitative estimate of drug-likeness (QED) is 0.873. The van der Waals surface area contributed by atoms with Gasteiger partial charge in [-0.3, -0.25) is 9.89 Å². The van der Waals surface area contributed by atoms with Crippen LogP contribution in [0.15, 0.2) is 18.2 Å². The predicted octanol–water partition coefficient (Wildman–Crippen LogP) is 3.33. The number of nitrogens with one attached hydrogen (secondary N) is 2. The summed E-state index contributed by atoms with van der Waals surface area (Å²) in [4.78, 5) is 13.8. The van der Waals surface area contributed by atoms with E-state index in [0.29, 0.717) is 10.7 Å². The topological polar surface area (TPSA) is 57.8 Å². The van der Waals surface area contributed by atoms with E-state index in [1.807, 2.05) is 25.1 Å². The number of aromatic nitrogens is 2. The molecule has 0 atom stereocenters. The van der Waals surface area contributed by atoms with E-state index in [0.717, 1.165) is 10.6 Å². The number of nitrogens with zero attached hydrogens (tertiary/aromatic N) is 1. The van der Waals surface area contributed by atoms with Crippen LogP contribution in [0.4, 0.5) is 5.82 Å². The van der Waals surface area contributed by atoms with Crippen molar-refractivity contribution in [3.63, 3.8) is 0 Å². The van der Waals surface area contributed by atoms with Crippen molar-refractivity contribution in [2.24, 2.45) is 0 Å². The van der Waals surface area contributed by atoms with Crippen molar-refractivity contribution in [1.29, 1.82) is 0 Å². The standard InChI is InChI=1S/C13H17N3OS/c1-8-5-6-9(18-8)12(17)14-11-7-10(15-16-11)13(2,3)4/h5-7H,1-4H3,(H2,14,15,16,17). The van der Waals surface area contributed by atoms with E-state index in [9.17, 15) is 4.79 Å². The number of anilines is 1. The minimum atomic E-state index is -0.111. The lowest BCUT2D eigenvalue weighted by Gasteiger charge is -2.14. The summed E-state index contributed by atoms with van der Waals surface area (Å²) in [6.45, 7) is 8.26. The maximum Gasteiger partial charge on any atom is 0.266 e. The van der Waals surface area contributed by atoms with E-state index in [4.69, 9.17) is 0 Å². The number of aromatic amines is 1. The number of H-pyrrole nitrogens is 1. The molecule has 2 rings (SSSR count). The SMILES string of the molecule is Cc1ccc(C(=O)Nc2cc(C(C)(C)C)[nH]n2)s1. The zero-order chi connectivity index (χ0) is 13.3.